The molecule has 1 aliphatic heterocycles. The predicted octanol–water partition coefficient (Wildman–Crippen LogP) is 1.51. The first-order valence-corrected chi connectivity index (χ1v) is 6.49. The lowest BCUT2D eigenvalue weighted by Gasteiger charge is -2.26. The quantitative estimate of drug-likeness (QED) is 0.853. The van der Waals surface area contributed by atoms with Crippen molar-refractivity contribution >= 4 is 11.6 Å². The highest BCUT2D eigenvalue weighted by molar-refractivity contribution is 5.82. The molecule has 2 N–H and O–H groups in total. The van der Waals surface area contributed by atoms with E-state index in [9.17, 15) is 14.3 Å². The van der Waals surface area contributed by atoms with Crippen molar-refractivity contribution in [1.29, 1.82) is 0 Å². The Morgan fingerprint density at radius 1 is 1.47 bits per heavy atom. The first-order chi connectivity index (χ1) is 8.99. The average Bonchev–Trinajstić information content (AvgIpc) is 2.56. The molecule has 0 aromatic heterocycles. The molecule has 0 bridgehead atoms. The largest absolute Gasteiger partial charge is 0.389 e. The van der Waals surface area contributed by atoms with Crippen LogP contribution >= 0.6 is 0 Å². The van der Waals surface area contributed by atoms with Crippen LogP contribution < -0.4 is 10.2 Å². The van der Waals surface area contributed by atoms with Crippen LogP contribution in [0.2, 0.25) is 0 Å². The summed E-state index contributed by atoms with van der Waals surface area (Å²) in [5.41, 5.74) is 1.79. The lowest BCUT2D eigenvalue weighted by atomic mass is 10.0. The minimum Gasteiger partial charge on any atom is -0.389 e. The predicted molar refractivity (Wildman–Crippen MR) is 71.6 cm³/mol. The maximum Gasteiger partial charge on any atom is 0.239 e. The zero-order chi connectivity index (χ0) is 14.0. The Morgan fingerprint density at radius 3 is 2.89 bits per heavy atom. The maximum absolute atomic E-state index is 13.6. The molecule has 4 nitrogen and oxygen atoms in total. The Labute approximate surface area is 112 Å². The summed E-state index contributed by atoms with van der Waals surface area (Å²) in [5.74, 6) is -0.380. The van der Waals surface area contributed by atoms with Crippen molar-refractivity contribution in [2.24, 2.45) is 0 Å². The SMILES string of the molecule is Cc1cc(N2CCCNC(=O)C2)c([C@@H](C)O)cc1F. The number of benzene rings is 1. The van der Waals surface area contributed by atoms with Gasteiger partial charge in [0.2, 0.25) is 5.91 Å². The van der Waals surface area contributed by atoms with Crippen LogP contribution in [0.15, 0.2) is 12.1 Å². The monoisotopic (exact) mass is 266 g/mol. The molecule has 1 atom stereocenters. The van der Waals surface area contributed by atoms with Crippen molar-refractivity contribution in [3.05, 3.63) is 29.1 Å². The van der Waals surface area contributed by atoms with Crippen LogP contribution in [0.1, 0.15) is 30.6 Å². The number of nitrogens with zero attached hydrogens (tertiary/aromatic N) is 1. The summed E-state index contributed by atoms with van der Waals surface area (Å²) < 4.78 is 13.6. The van der Waals surface area contributed by atoms with Gasteiger partial charge in [0.1, 0.15) is 5.82 Å². The number of aryl methyl sites for hydroxylation is 1. The summed E-state index contributed by atoms with van der Waals surface area (Å²) in [6.45, 7) is 4.89. The van der Waals surface area contributed by atoms with Gasteiger partial charge in [-0.2, -0.15) is 0 Å². The summed E-state index contributed by atoms with van der Waals surface area (Å²) >= 11 is 0. The molecule has 1 fully saturated rings. The van der Waals surface area contributed by atoms with Gasteiger partial charge in [0, 0.05) is 24.3 Å². The second kappa shape index (κ2) is 5.57. The van der Waals surface area contributed by atoms with Gasteiger partial charge < -0.3 is 15.3 Å². The van der Waals surface area contributed by atoms with Crippen LogP contribution in [0, 0.1) is 12.7 Å². The smallest absolute Gasteiger partial charge is 0.239 e. The summed E-state index contributed by atoms with van der Waals surface area (Å²) in [5, 5.41) is 12.6. The van der Waals surface area contributed by atoms with Gasteiger partial charge in [0.25, 0.3) is 0 Å². The fourth-order valence-electron chi connectivity index (χ4n) is 2.30. The second-order valence-electron chi connectivity index (χ2n) is 4.96. The summed E-state index contributed by atoms with van der Waals surface area (Å²) in [7, 11) is 0. The summed E-state index contributed by atoms with van der Waals surface area (Å²) in [4.78, 5) is 13.5. The lowest BCUT2D eigenvalue weighted by molar-refractivity contribution is -0.119. The van der Waals surface area contributed by atoms with Crippen molar-refractivity contribution in [3.8, 4) is 0 Å². The van der Waals surface area contributed by atoms with Crippen molar-refractivity contribution < 1.29 is 14.3 Å². The van der Waals surface area contributed by atoms with E-state index in [1.165, 1.54) is 6.07 Å². The zero-order valence-electron chi connectivity index (χ0n) is 11.2. The molecule has 0 aliphatic carbocycles. The van der Waals surface area contributed by atoms with Crippen LogP contribution in [0.5, 0.6) is 0 Å². The van der Waals surface area contributed by atoms with E-state index in [1.54, 1.807) is 19.9 Å². The number of nitrogens with one attached hydrogen (secondary N) is 1. The number of rotatable bonds is 2. The van der Waals surface area contributed by atoms with E-state index in [2.05, 4.69) is 5.32 Å². The molecule has 1 aromatic carbocycles. The number of hydrogen-bond donors (Lipinski definition) is 2. The van der Waals surface area contributed by atoms with Gasteiger partial charge in [0.05, 0.1) is 12.6 Å². The number of carbonyl (C=O) groups is 1. The minimum atomic E-state index is -0.767. The molecule has 0 unspecified atom stereocenters. The number of hydrogen-bond acceptors (Lipinski definition) is 3. The lowest BCUT2D eigenvalue weighted by Crippen LogP contribution is -2.33. The highest BCUT2D eigenvalue weighted by atomic mass is 19.1. The molecular weight excluding hydrogens is 247 g/mol. The fourth-order valence-corrected chi connectivity index (χ4v) is 2.30. The molecule has 0 saturated carbocycles. The number of anilines is 1. The molecule has 0 radical (unpaired) electrons. The standard InChI is InChI=1S/C14H19FN2O2/c1-9-6-13(11(10(2)18)7-12(9)15)17-5-3-4-16-14(19)8-17/h6-7,10,18H,3-5,8H2,1-2H3,(H,16,19)/t10-/m1/s1. The van der Waals surface area contributed by atoms with Gasteiger partial charge in [-0.3, -0.25) is 4.79 Å². The van der Waals surface area contributed by atoms with Crippen LogP contribution in [0.3, 0.4) is 0 Å². The van der Waals surface area contributed by atoms with Gasteiger partial charge in [-0.15, -0.1) is 0 Å². The van der Waals surface area contributed by atoms with Crippen LogP contribution in [0.25, 0.3) is 0 Å². The Morgan fingerprint density at radius 2 is 2.21 bits per heavy atom. The first kappa shape index (κ1) is 13.8. The van der Waals surface area contributed by atoms with Crippen molar-refractivity contribution in [1.82, 2.24) is 5.32 Å². The van der Waals surface area contributed by atoms with Gasteiger partial charge >= 0.3 is 0 Å². The van der Waals surface area contributed by atoms with E-state index in [1.807, 2.05) is 4.90 Å². The minimum absolute atomic E-state index is 0.0454. The molecule has 2 rings (SSSR count). The topological polar surface area (TPSA) is 52.6 Å². The molecule has 1 aliphatic rings. The third-order valence-electron chi connectivity index (χ3n) is 3.36. The first-order valence-electron chi connectivity index (χ1n) is 6.49. The molecule has 104 valence electrons. The van der Waals surface area contributed by atoms with Crippen LogP contribution in [0.4, 0.5) is 10.1 Å². The van der Waals surface area contributed by atoms with Gasteiger partial charge in [0.15, 0.2) is 0 Å². The Kier molecular flexibility index (Phi) is 4.04. The molecule has 1 aromatic rings. The Hall–Kier alpha value is -1.62. The highest BCUT2D eigenvalue weighted by Crippen LogP contribution is 2.29. The number of carbonyl (C=O) groups excluding carboxylic acids is 1. The van der Waals surface area contributed by atoms with Crippen molar-refractivity contribution in [3.63, 3.8) is 0 Å². The molecule has 5 heteroatoms. The molecule has 1 amide bonds. The molecule has 19 heavy (non-hydrogen) atoms. The number of aliphatic hydroxyl groups is 1. The van der Waals surface area contributed by atoms with Crippen molar-refractivity contribution in [2.45, 2.75) is 26.4 Å². The number of halogens is 1. The second-order valence-corrected chi connectivity index (χ2v) is 4.96. The molecule has 1 heterocycles. The molecule has 1 saturated heterocycles. The van der Waals surface area contributed by atoms with Gasteiger partial charge in [-0.25, -0.2) is 4.39 Å². The molecule has 0 spiro atoms. The Bertz CT molecular complexity index is 489. The van der Waals surface area contributed by atoms with E-state index in [0.717, 1.165) is 12.1 Å². The van der Waals surface area contributed by atoms with E-state index >= 15 is 0 Å². The Balaban J connectivity index is 2.41. The van der Waals surface area contributed by atoms with Gasteiger partial charge in [-0.05, 0) is 38.0 Å². The number of amides is 1. The number of aliphatic hydroxyl groups excluding tert-OH is 1. The van der Waals surface area contributed by atoms with E-state index in [0.29, 0.717) is 24.2 Å². The average molecular weight is 266 g/mol. The fraction of sp³-hybridized carbons (Fsp3) is 0.500. The summed E-state index contributed by atoms with van der Waals surface area (Å²) in [6.07, 6.45) is 0.0675. The van der Waals surface area contributed by atoms with E-state index < -0.39 is 6.10 Å². The third kappa shape index (κ3) is 3.04. The van der Waals surface area contributed by atoms with Gasteiger partial charge in [-0.1, -0.05) is 0 Å². The maximum atomic E-state index is 13.6. The third-order valence-corrected chi connectivity index (χ3v) is 3.36. The molecular formula is C14H19FN2O2. The van der Waals surface area contributed by atoms with Crippen molar-refractivity contribution in [2.75, 3.05) is 24.5 Å². The highest BCUT2D eigenvalue weighted by Gasteiger charge is 2.20. The zero-order valence-corrected chi connectivity index (χ0v) is 11.2. The van der Waals surface area contributed by atoms with Crippen LogP contribution in [-0.4, -0.2) is 30.6 Å². The summed E-state index contributed by atoms with van der Waals surface area (Å²) in [6, 6.07) is 3.06. The van der Waals surface area contributed by atoms with E-state index in [-0.39, 0.29) is 18.3 Å². The van der Waals surface area contributed by atoms with E-state index in [4.69, 9.17) is 0 Å². The normalized spacial score (nSPS) is 17.9. The van der Waals surface area contributed by atoms with Crippen LogP contribution in [-0.2, 0) is 4.79 Å².